The number of carbonyl (C=O) groups excluding carboxylic acids is 2. The fraction of sp³-hybridized carbons (Fsp3) is 0.200. The summed E-state index contributed by atoms with van der Waals surface area (Å²) < 4.78 is 20.3. The largest absolute Gasteiger partial charge is 0.456 e. The van der Waals surface area contributed by atoms with E-state index in [0.717, 1.165) is 5.56 Å². The van der Waals surface area contributed by atoms with Gasteiger partial charge >= 0.3 is 5.97 Å². The van der Waals surface area contributed by atoms with Gasteiger partial charge in [0.2, 0.25) is 5.91 Å². The molecule has 2 aromatic carbocycles. The van der Waals surface area contributed by atoms with Crippen molar-refractivity contribution in [2.24, 2.45) is 0 Å². The zero-order valence-electron chi connectivity index (χ0n) is 14.0. The number of ether oxygens (including phenoxy) is 1. The zero-order valence-corrected chi connectivity index (χ0v) is 15.5. The van der Waals surface area contributed by atoms with Crippen LogP contribution in [0.5, 0.6) is 0 Å². The fourth-order valence-corrected chi connectivity index (χ4v) is 3.95. The minimum absolute atomic E-state index is 0.00918. The molecule has 0 fully saturated rings. The van der Waals surface area contributed by atoms with E-state index in [9.17, 15) is 14.0 Å². The highest BCUT2D eigenvalue weighted by Crippen LogP contribution is 2.43. The summed E-state index contributed by atoms with van der Waals surface area (Å²) in [4.78, 5) is 26.8. The van der Waals surface area contributed by atoms with Crippen LogP contribution in [0.25, 0.3) is 0 Å². The second-order valence-corrected chi connectivity index (χ2v) is 7.34. The summed E-state index contributed by atoms with van der Waals surface area (Å²) in [6.45, 7) is 1.95. The number of hydrogen-bond acceptors (Lipinski definition) is 3. The standard InChI is InChI=1S/C20H15BrFNO3/c1-11-3-2-4-13(7-11)23-17-10-26-20(25)19(17)15(9-18(23)24)14-8-12(21)5-6-16(14)22/h2-8,15H,9-10H2,1H3. The quantitative estimate of drug-likeness (QED) is 0.689. The van der Waals surface area contributed by atoms with Crippen LogP contribution < -0.4 is 4.90 Å². The van der Waals surface area contributed by atoms with E-state index in [2.05, 4.69) is 15.9 Å². The number of amides is 1. The SMILES string of the molecule is Cc1cccc(N2C(=O)CC(c3cc(Br)ccc3F)C3=C2COC3=O)c1. The van der Waals surface area contributed by atoms with Crippen molar-refractivity contribution < 1.29 is 18.7 Å². The minimum atomic E-state index is -0.647. The first-order valence-electron chi connectivity index (χ1n) is 8.20. The third kappa shape index (κ3) is 2.74. The highest BCUT2D eigenvalue weighted by Gasteiger charge is 2.43. The van der Waals surface area contributed by atoms with Gasteiger partial charge in [0, 0.05) is 22.5 Å². The first-order chi connectivity index (χ1) is 12.5. The summed E-state index contributed by atoms with van der Waals surface area (Å²) in [5.41, 5.74) is 2.88. The lowest BCUT2D eigenvalue weighted by molar-refractivity contribution is -0.136. The molecule has 0 bridgehead atoms. The van der Waals surface area contributed by atoms with Gasteiger partial charge in [0.15, 0.2) is 0 Å². The summed E-state index contributed by atoms with van der Waals surface area (Å²) in [5.74, 6) is -1.76. The second-order valence-electron chi connectivity index (χ2n) is 6.43. The van der Waals surface area contributed by atoms with Gasteiger partial charge in [-0.1, -0.05) is 28.1 Å². The molecule has 0 aliphatic carbocycles. The van der Waals surface area contributed by atoms with E-state index in [-0.39, 0.29) is 18.9 Å². The Kier molecular flexibility index (Phi) is 4.15. The van der Waals surface area contributed by atoms with Gasteiger partial charge in [-0.2, -0.15) is 0 Å². The van der Waals surface area contributed by atoms with Crippen molar-refractivity contribution in [1.29, 1.82) is 0 Å². The maximum atomic E-state index is 14.4. The third-order valence-electron chi connectivity index (χ3n) is 4.71. The number of anilines is 1. The summed E-state index contributed by atoms with van der Waals surface area (Å²) in [6, 6.07) is 12.0. The maximum absolute atomic E-state index is 14.4. The van der Waals surface area contributed by atoms with Crippen LogP contribution in [-0.2, 0) is 14.3 Å². The maximum Gasteiger partial charge on any atom is 0.336 e. The molecule has 4 nitrogen and oxygen atoms in total. The van der Waals surface area contributed by atoms with Crippen molar-refractivity contribution >= 4 is 33.5 Å². The van der Waals surface area contributed by atoms with Crippen molar-refractivity contribution in [3.63, 3.8) is 0 Å². The summed E-state index contributed by atoms with van der Waals surface area (Å²) in [6.07, 6.45) is 0.00918. The normalized spacial score (nSPS) is 19.7. The Morgan fingerprint density at radius 3 is 2.77 bits per heavy atom. The van der Waals surface area contributed by atoms with E-state index in [1.165, 1.54) is 11.0 Å². The van der Waals surface area contributed by atoms with Crippen molar-refractivity contribution in [1.82, 2.24) is 0 Å². The van der Waals surface area contributed by atoms with E-state index in [4.69, 9.17) is 4.74 Å². The smallest absolute Gasteiger partial charge is 0.336 e. The topological polar surface area (TPSA) is 46.6 Å². The van der Waals surface area contributed by atoms with Crippen molar-refractivity contribution in [2.75, 3.05) is 11.5 Å². The Hall–Kier alpha value is -2.47. The van der Waals surface area contributed by atoms with Crippen molar-refractivity contribution in [3.05, 3.63) is 75.2 Å². The van der Waals surface area contributed by atoms with Crippen LogP contribution in [0.2, 0.25) is 0 Å². The molecule has 2 heterocycles. The van der Waals surface area contributed by atoms with Gasteiger partial charge in [0.25, 0.3) is 0 Å². The number of halogens is 2. The molecule has 2 aliphatic heterocycles. The molecule has 4 rings (SSSR count). The Bertz CT molecular complexity index is 969. The number of aryl methyl sites for hydroxylation is 1. The lowest BCUT2D eigenvalue weighted by atomic mass is 9.84. The van der Waals surface area contributed by atoms with E-state index >= 15 is 0 Å². The molecule has 0 aromatic heterocycles. The fourth-order valence-electron chi connectivity index (χ4n) is 3.57. The summed E-state index contributed by atoms with van der Waals surface area (Å²) in [7, 11) is 0. The van der Waals surface area contributed by atoms with Crippen LogP contribution in [0.15, 0.2) is 58.2 Å². The highest BCUT2D eigenvalue weighted by atomic mass is 79.9. The molecule has 0 saturated heterocycles. The number of carbonyl (C=O) groups is 2. The molecule has 2 aromatic rings. The Morgan fingerprint density at radius 1 is 1.19 bits per heavy atom. The molecule has 0 radical (unpaired) electrons. The molecule has 1 atom stereocenters. The van der Waals surface area contributed by atoms with Crippen molar-refractivity contribution in [2.45, 2.75) is 19.3 Å². The molecule has 1 unspecified atom stereocenters. The second kappa shape index (κ2) is 6.36. The van der Waals surface area contributed by atoms with Gasteiger partial charge in [-0.25, -0.2) is 9.18 Å². The van der Waals surface area contributed by atoms with Gasteiger partial charge in [-0.15, -0.1) is 0 Å². The minimum Gasteiger partial charge on any atom is -0.456 e. The molecule has 2 aliphatic rings. The molecule has 6 heteroatoms. The van der Waals surface area contributed by atoms with E-state index in [1.807, 2.05) is 31.2 Å². The number of hydrogen-bond donors (Lipinski definition) is 0. The van der Waals surface area contributed by atoms with Gasteiger partial charge in [0.05, 0.1) is 11.3 Å². The van der Waals surface area contributed by atoms with Crippen LogP contribution in [0.3, 0.4) is 0 Å². The van der Waals surface area contributed by atoms with Crippen LogP contribution >= 0.6 is 15.9 Å². The van der Waals surface area contributed by atoms with Crippen LogP contribution in [0.1, 0.15) is 23.5 Å². The number of benzene rings is 2. The molecule has 26 heavy (non-hydrogen) atoms. The van der Waals surface area contributed by atoms with Crippen LogP contribution in [-0.4, -0.2) is 18.5 Å². The first-order valence-corrected chi connectivity index (χ1v) is 8.99. The molecular formula is C20H15BrFNO3. The zero-order chi connectivity index (χ0) is 18.4. The van der Waals surface area contributed by atoms with Crippen LogP contribution in [0, 0.1) is 12.7 Å². The average Bonchev–Trinajstić information content (AvgIpc) is 2.98. The lowest BCUT2D eigenvalue weighted by Crippen LogP contribution is -2.37. The Labute approximate surface area is 158 Å². The van der Waals surface area contributed by atoms with Gasteiger partial charge in [-0.05, 0) is 48.4 Å². The molecule has 0 spiro atoms. The lowest BCUT2D eigenvalue weighted by Gasteiger charge is -2.32. The highest BCUT2D eigenvalue weighted by molar-refractivity contribution is 9.10. The average molecular weight is 416 g/mol. The number of esters is 1. The Balaban J connectivity index is 1.87. The van der Waals surface area contributed by atoms with Crippen LogP contribution in [0.4, 0.5) is 10.1 Å². The molecule has 1 amide bonds. The Morgan fingerprint density at radius 2 is 2.00 bits per heavy atom. The van der Waals surface area contributed by atoms with Gasteiger partial charge in [0.1, 0.15) is 12.4 Å². The molecular weight excluding hydrogens is 401 g/mol. The number of nitrogens with zero attached hydrogens (tertiary/aromatic N) is 1. The molecule has 132 valence electrons. The van der Waals surface area contributed by atoms with Gasteiger partial charge < -0.3 is 4.74 Å². The monoisotopic (exact) mass is 415 g/mol. The van der Waals surface area contributed by atoms with E-state index < -0.39 is 17.7 Å². The molecule has 0 saturated carbocycles. The summed E-state index contributed by atoms with van der Waals surface area (Å²) >= 11 is 3.33. The van der Waals surface area contributed by atoms with E-state index in [0.29, 0.717) is 27.0 Å². The first kappa shape index (κ1) is 17.0. The summed E-state index contributed by atoms with van der Waals surface area (Å²) in [5, 5.41) is 0. The predicted molar refractivity (Wildman–Crippen MR) is 98.1 cm³/mol. The predicted octanol–water partition coefficient (Wildman–Crippen LogP) is 4.23. The third-order valence-corrected chi connectivity index (χ3v) is 5.20. The van der Waals surface area contributed by atoms with Crippen molar-refractivity contribution in [3.8, 4) is 0 Å². The number of cyclic esters (lactones) is 1. The molecule has 0 N–H and O–H groups in total. The van der Waals surface area contributed by atoms with Gasteiger partial charge in [-0.3, -0.25) is 9.69 Å². The van der Waals surface area contributed by atoms with E-state index in [1.54, 1.807) is 12.1 Å². The number of rotatable bonds is 2.